The van der Waals surface area contributed by atoms with Crippen LogP contribution in [0.15, 0.2) is 0 Å². The molecular formula is C6H15NO3. The second-order valence-corrected chi connectivity index (χ2v) is 1.98. The molecule has 0 aromatic rings. The van der Waals surface area contributed by atoms with E-state index in [1.165, 1.54) is 14.2 Å². The number of ether oxygens (including phenoxy) is 2. The van der Waals surface area contributed by atoms with Crippen LogP contribution in [0.1, 0.15) is 6.42 Å². The van der Waals surface area contributed by atoms with Crippen molar-refractivity contribution in [1.29, 1.82) is 0 Å². The minimum absolute atomic E-state index is 0.435. The molecule has 0 aromatic heterocycles. The lowest BCUT2D eigenvalue weighted by atomic mass is 10.2. The molecule has 1 atom stereocenters. The van der Waals surface area contributed by atoms with Crippen LogP contribution < -0.4 is 5.73 Å². The first-order valence-corrected chi connectivity index (χ1v) is 3.20. The summed E-state index contributed by atoms with van der Waals surface area (Å²) < 4.78 is 9.57. The summed E-state index contributed by atoms with van der Waals surface area (Å²) in [6, 6.07) is 0. The third-order valence-corrected chi connectivity index (χ3v) is 1.24. The van der Waals surface area contributed by atoms with Gasteiger partial charge in [-0.3, -0.25) is 0 Å². The van der Waals surface area contributed by atoms with Gasteiger partial charge in [0.05, 0.1) is 0 Å². The van der Waals surface area contributed by atoms with E-state index in [1.54, 1.807) is 0 Å². The first kappa shape index (κ1) is 9.84. The largest absolute Gasteiger partial charge is 0.388 e. The Hall–Kier alpha value is -0.160. The molecular weight excluding hydrogens is 134 g/mol. The lowest BCUT2D eigenvalue weighted by Gasteiger charge is -2.18. The summed E-state index contributed by atoms with van der Waals surface area (Å²) in [6.45, 7) is 0.435. The Morgan fingerprint density at radius 2 is 1.90 bits per heavy atom. The average Bonchev–Trinajstić information content (AvgIpc) is 1.91. The van der Waals surface area contributed by atoms with Crippen LogP contribution >= 0.6 is 0 Å². The molecule has 0 heterocycles. The zero-order valence-electron chi connectivity index (χ0n) is 6.41. The Bertz CT molecular complexity index is 75.4. The molecule has 0 radical (unpaired) electrons. The number of aliphatic hydroxyl groups excluding tert-OH is 1. The van der Waals surface area contributed by atoms with E-state index >= 15 is 0 Å². The van der Waals surface area contributed by atoms with Gasteiger partial charge >= 0.3 is 0 Å². The van der Waals surface area contributed by atoms with Gasteiger partial charge in [0.25, 0.3) is 0 Å². The first-order chi connectivity index (χ1) is 4.76. The minimum Gasteiger partial charge on any atom is -0.388 e. The minimum atomic E-state index is -0.625. The van der Waals surface area contributed by atoms with E-state index in [4.69, 9.17) is 15.2 Å². The van der Waals surface area contributed by atoms with Gasteiger partial charge in [0.15, 0.2) is 6.29 Å². The van der Waals surface area contributed by atoms with E-state index in [-0.39, 0.29) is 0 Å². The Morgan fingerprint density at radius 1 is 1.40 bits per heavy atom. The highest BCUT2D eigenvalue weighted by molar-refractivity contribution is 4.59. The van der Waals surface area contributed by atoms with Crippen LogP contribution in [0, 0.1) is 0 Å². The highest BCUT2D eigenvalue weighted by Gasteiger charge is 2.15. The normalized spacial score (nSPS) is 14.1. The van der Waals surface area contributed by atoms with E-state index in [0.29, 0.717) is 13.0 Å². The van der Waals surface area contributed by atoms with Gasteiger partial charge in [0.2, 0.25) is 0 Å². The van der Waals surface area contributed by atoms with Crippen molar-refractivity contribution in [2.45, 2.75) is 18.8 Å². The fourth-order valence-electron chi connectivity index (χ4n) is 0.717. The zero-order valence-corrected chi connectivity index (χ0v) is 6.41. The maximum Gasteiger partial charge on any atom is 0.182 e. The molecule has 10 heavy (non-hydrogen) atoms. The first-order valence-electron chi connectivity index (χ1n) is 3.20. The number of nitrogens with two attached hydrogens (primary N) is 1. The van der Waals surface area contributed by atoms with Crippen LogP contribution in [-0.2, 0) is 9.47 Å². The molecule has 0 fully saturated rings. The average molecular weight is 149 g/mol. The molecule has 3 N–H and O–H groups in total. The second kappa shape index (κ2) is 5.61. The standard InChI is InChI=1S/C6H15NO3/c1-9-6(10-2)5(8)3-4-7/h5-6,8H,3-4,7H2,1-2H3. The third kappa shape index (κ3) is 3.12. The Kier molecular flexibility index (Phi) is 5.52. The van der Waals surface area contributed by atoms with Gasteiger partial charge in [-0.25, -0.2) is 0 Å². The van der Waals surface area contributed by atoms with Gasteiger partial charge in [-0.2, -0.15) is 0 Å². The molecule has 0 aliphatic heterocycles. The third-order valence-electron chi connectivity index (χ3n) is 1.24. The summed E-state index contributed by atoms with van der Waals surface area (Å²) in [4.78, 5) is 0. The quantitative estimate of drug-likeness (QED) is 0.508. The molecule has 0 aromatic carbocycles. The van der Waals surface area contributed by atoms with Crippen LogP contribution in [0.4, 0.5) is 0 Å². The predicted molar refractivity (Wildman–Crippen MR) is 37.5 cm³/mol. The topological polar surface area (TPSA) is 64.7 Å². The second-order valence-electron chi connectivity index (χ2n) is 1.98. The van der Waals surface area contributed by atoms with Crippen molar-refractivity contribution >= 4 is 0 Å². The Morgan fingerprint density at radius 3 is 2.20 bits per heavy atom. The molecule has 0 rings (SSSR count). The molecule has 4 nitrogen and oxygen atoms in total. The van der Waals surface area contributed by atoms with Crippen LogP contribution in [0.25, 0.3) is 0 Å². The van der Waals surface area contributed by atoms with Gasteiger partial charge in [-0.05, 0) is 13.0 Å². The fraction of sp³-hybridized carbons (Fsp3) is 1.00. The Balaban J connectivity index is 3.53. The van der Waals surface area contributed by atoms with E-state index in [1.807, 2.05) is 0 Å². The molecule has 0 aliphatic carbocycles. The smallest absolute Gasteiger partial charge is 0.182 e. The molecule has 0 saturated heterocycles. The molecule has 0 bridgehead atoms. The van der Waals surface area contributed by atoms with Crippen molar-refractivity contribution < 1.29 is 14.6 Å². The number of aliphatic hydroxyl groups is 1. The number of methoxy groups -OCH3 is 2. The van der Waals surface area contributed by atoms with Crippen LogP contribution in [0.5, 0.6) is 0 Å². The molecule has 0 aliphatic rings. The van der Waals surface area contributed by atoms with Crippen LogP contribution in [-0.4, -0.2) is 38.3 Å². The van der Waals surface area contributed by atoms with Crippen LogP contribution in [0.2, 0.25) is 0 Å². The lowest BCUT2D eigenvalue weighted by Crippen LogP contribution is -2.31. The van der Waals surface area contributed by atoms with Crippen molar-refractivity contribution in [3.63, 3.8) is 0 Å². The van der Waals surface area contributed by atoms with Crippen molar-refractivity contribution in [1.82, 2.24) is 0 Å². The van der Waals surface area contributed by atoms with Gasteiger partial charge < -0.3 is 20.3 Å². The molecule has 4 heteroatoms. The van der Waals surface area contributed by atoms with Gasteiger partial charge in [-0.15, -0.1) is 0 Å². The maximum absolute atomic E-state index is 9.18. The molecule has 62 valence electrons. The highest BCUT2D eigenvalue weighted by atomic mass is 16.7. The monoisotopic (exact) mass is 149 g/mol. The van der Waals surface area contributed by atoms with Crippen molar-refractivity contribution in [3.05, 3.63) is 0 Å². The van der Waals surface area contributed by atoms with Gasteiger partial charge in [-0.1, -0.05) is 0 Å². The van der Waals surface area contributed by atoms with E-state index in [2.05, 4.69) is 0 Å². The zero-order chi connectivity index (χ0) is 7.98. The van der Waals surface area contributed by atoms with Crippen molar-refractivity contribution in [2.75, 3.05) is 20.8 Å². The summed E-state index contributed by atoms with van der Waals surface area (Å²) in [5.41, 5.74) is 5.21. The molecule has 0 saturated carbocycles. The SMILES string of the molecule is COC(OC)C(O)CCN. The number of rotatable bonds is 5. The van der Waals surface area contributed by atoms with E-state index < -0.39 is 12.4 Å². The van der Waals surface area contributed by atoms with E-state index in [0.717, 1.165) is 0 Å². The number of hydrogen-bond acceptors (Lipinski definition) is 4. The van der Waals surface area contributed by atoms with Gasteiger partial charge in [0, 0.05) is 14.2 Å². The maximum atomic E-state index is 9.18. The number of hydrogen-bond donors (Lipinski definition) is 2. The molecule has 1 unspecified atom stereocenters. The van der Waals surface area contributed by atoms with E-state index in [9.17, 15) is 5.11 Å². The molecule has 0 amide bonds. The Labute approximate surface area is 60.9 Å². The summed E-state index contributed by atoms with van der Waals surface area (Å²) in [5.74, 6) is 0. The summed E-state index contributed by atoms with van der Waals surface area (Å²) in [5, 5.41) is 9.18. The van der Waals surface area contributed by atoms with Gasteiger partial charge in [0.1, 0.15) is 6.10 Å². The summed E-state index contributed by atoms with van der Waals surface area (Å²) >= 11 is 0. The van der Waals surface area contributed by atoms with Crippen molar-refractivity contribution in [2.24, 2.45) is 5.73 Å². The highest BCUT2D eigenvalue weighted by Crippen LogP contribution is 2.01. The summed E-state index contributed by atoms with van der Waals surface area (Å²) in [6.07, 6.45) is -0.685. The lowest BCUT2D eigenvalue weighted by molar-refractivity contribution is -0.164. The molecule has 0 spiro atoms. The fourth-order valence-corrected chi connectivity index (χ4v) is 0.717. The summed E-state index contributed by atoms with van der Waals surface area (Å²) in [7, 11) is 2.96. The van der Waals surface area contributed by atoms with Crippen LogP contribution in [0.3, 0.4) is 0 Å². The predicted octanol–water partition coefficient (Wildman–Crippen LogP) is -0.685. The van der Waals surface area contributed by atoms with Crippen molar-refractivity contribution in [3.8, 4) is 0 Å².